The van der Waals surface area contributed by atoms with Crippen molar-refractivity contribution in [1.29, 1.82) is 0 Å². The standard InChI is InChI=1S/C23H20O4/c1-16-8-2-5-11-19(16)25-14-15-26-23(24)22-17-9-3-6-12-20(17)27-21-13-7-4-10-18(21)22/h2-13,22H,14-15H2,1H3. The number of hydrogen-bond donors (Lipinski definition) is 0. The van der Waals surface area contributed by atoms with Gasteiger partial charge in [-0.15, -0.1) is 0 Å². The third-order valence-electron chi connectivity index (χ3n) is 4.59. The average molecular weight is 360 g/mol. The van der Waals surface area contributed by atoms with Gasteiger partial charge in [0, 0.05) is 11.1 Å². The molecule has 0 atom stereocenters. The van der Waals surface area contributed by atoms with Crippen LogP contribution in [0, 0.1) is 6.92 Å². The number of ether oxygens (including phenoxy) is 3. The minimum absolute atomic E-state index is 0.189. The summed E-state index contributed by atoms with van der Waals surface area (Å²) in [6.07, 6.45) is 0. The molecule has 4 rings (SSSR count). The quantitative estimate of drug-likeness (QED) is 0.482. The third-order valence-corrected chi connectivity index (χ3v) is 4.59. The second-order valence-corrected chi connectivity index (χ2v) is 6.39. The lowest BCUT2D eigenvalue weighted by Crippen LogP contribution is -2.23. The molecule has 0 aliphatic carbocycles. The molecule has 1 heterocycles. The van der Waals surface area contributed by atoms with E-state index in [9.17, 15) is 4.79 Å². The zero-order chi connectivity index (χ0) is 18.6. The van der Waals surface area contributed by atoms with Gasteiger partial charge in [-0.05, 0) is 30.7 Å². The van der Waals surface area contributed by atoms with E-state index in [1.54, 1.807) is 0 Å². The summed E-state index contributed by atoms with van der Waals surface area (Å²) in [7, 11) is 0. The molecule has 27 heavy (non-hydrogen) atoms. The number of esters is 1. The summed E-state index contributed by atoms with van der Waals surface area (Å²) < 4.78 is 17.2. The molecule has 0 aromatic heterocycles. The smallest absolute Gasteiger partial charge is 0.318 e. The molecule has 0 amide bonds. The van der Waals surface area contributed by atoms with Crippen LogP contribution in [0.5, 0.6) is 17.2 Å². The molecule has 4 heteroatoms. The predicted molar refractivity (Wildman–Crippen MR) is 102 cm³/mol. The Hall–Kier alpha value is -3.27. The Labute approximate surface area is 158 Å². The van der Waals surface area contributed by atoms with Crippen molar-refractivity contribution >= 4 is 5.97 Å². The van der Waals surface area contributed by atoms with Gasteiger partial charge in [-0.25, -0.2) is 0 Å². The molecule has 0 N–H and O–H groups in total. The van der Waals surface area contributed by atoms with Gasteiger partial charge in [-0.1, -0.05) is 54.6 Å². The Morgan fingerprint density at radius 1 is 0.852 bits per heavy atom. The first kappa shape index (κ1) is 17.2. The lowest BCUT2D eigenvalue weighted by atomic mass is 9.88. The first-order valence-electron chi connectivity index (χ1n) is 8.95. The van der Waals surface area contributed by atoms with Gasteiger partial charge in [-0.2, -0.15) is 0 Å². The van der Waals surface area contributed by atoms with Crippen molar-refractivity contribution in [2.75, 3.05) is 13.2 Å². The van der Waals surface area contributed by atoms with Crippen LogP contribution >= 0.6 is 0 Å². The highest BCUT2D eigenvalue weighted by Gasteiger charge is 2.33. The SMILES string of the molecule is Cc1ccccc1OCCOC(=O)C1c2ccccc2Oc2ccccc21. The van der Waals surface area contributed by atoms with E-state index in [1.165, 1.54) is 0 Å². The summed E-state index contributed by atoms with van der Waals surface area (Å²) in [4.78, 5) is 12.9. The van der Waals surface area contributed by atoms with Crippen molar-refractivity contribution in [1.82, 2.24) is 0 Å². The summed E-state index contributed by atoms with van der Waals surface area (Å²) in [6.45, 7) is 2.48. The summed E-state index contributed by atoms with van der Waals surface area (Å²) in [5, 5.41) is 0. The highest BCUT2D eigenvalue weighted by molar-refractivity contribution is 5.85. The van der Waals surface area contributed by atoms with Gasteiger partial charge < -0.3 is 14.2 Å². The topological polar surface area (TPSA) is 44.8 Å². The number of carbonyl (C=O) groups is 1. The lowest BCUT2D eigenvalue weighted by Gasteiger charge is -2.26. The molecule has 1 aliphatic heterocycles. The minimum Gasteiger partial charge on any atom is -0.490 e. The first-order valence-corrected chi connectivity index (χ1v) is 8.95. The Kier molecular flexibility index (Phi) is 4.79. The molecule has 1 aliphatic rings. The second kappa shape index (κ2) is 7.54. The maximum Gasteiger partial charge on any atom is 0.318 e. The fraction of sp³-hybridized carbons (Fsp3) is 0.174. The van der Waals surface area contributed by atoms with Crippen LogP contribution in [0.3, 0.4) is 0 Å². The molecule has 4 nitrogen and oxygen atoms in total. The molecule has 0 spiro atoms. The van der Waals surface area contributed by atoms with Crippen LogP contribution in [-0.2, 0) is 9.53 Å². The van der Waals surface area contributed by atoms with Crippen molar-refractivity contribution in [3.63, 3.8) is 0 Å². The second-order valence-electron chi connectivity index (χ2n) is 6.39. The van der Waals surface area contributed by atoms with Gasteiger partial charge in [0.1, 0.15) is 36.4 Å². The van der Waals surface area contributed by atoms with E-state index in [1.807, 2.05) is 79.7 Å². The molecule has 0 fully saturated rings. The van der Waals surface area contributed by atoms with Crippen LogP contribution in [0.25, 0.3) is 0 Å². The number of benzene rings is 3. The van der Waals surface area contributed by atoms with Gasteiger partial charge in [0.25, 0.3) is 0 Å². The summed E-state index contributed by atoms with van der Waals surface area (Å²) in [5.74, 6) is 1.38. The fourth-order valence-corrected chi connectivity index (χ4v) is 3.26. The number of fused-ring (bicyclic) bond motifs is 2. The van der Waals surface area contributed by atoms with E-state index >= 15 is 0 Å². The van der Waals surface area contributed by atoms with Crippen molar-refractivity contribution in [2.45, 2.75) is 12.8 Å². The molecular weight excluding hydrogens is 340 g/mol. The normalized spacial score (nSPS) is 12.5. The molecule has 0 unspecified atom stereocenters. The molecule has 3 aromatic rings. The van der Waals surface area contributed by atoms with Crippen LogP contribution < -0.4 is 9.47 Å². The zero-order valence-electron chi connectivity index (χ0n) is 15.1. The van der Waals surface area contributed by atoms with Crippen LogP contribution in [0.1, 0.15) is 22.6 Å². The van der Waals surface area contributed by atoms with Crippen molar-refractivity contribution < 1.29 is 19.0 Å². The minimum atomic E-state index is -0.496. The van der Waals surface area contributed by atoms with E-state index in [0.717, 1.165) is 22.4 Å². The van der Waals surface area contributed by atoms with E-state index < -0.39 is 5.92 Å². The Balaban J connectivity index is 1.46. The molecular formula is C23H20O4. The van der Waals surface area contributed by atoms with Gasteiger partial charge in [0.2, 0.25) is 0 Å². The van der Waals surface area contributed by atoms with Crippen molar-refractivity contribution in [3.05, 3.63) is 89.5 Å². The predicted octanol–water partition coefficient (Wildman–Crippen LogP) is 4.85. The Morgan fingerprint density at radius 2 is 1.44 bits per heavy atom. The van der Waals surface area contributed by atoms with E-state index in [-0.39, 0.29) is 12.6 Å². The van der Waals surface area contributed by atoms with E-state index in [0.29, 0.717) is 18.1 Å². The van der Waals surface area contributed by atoms with Crippen molar-refractivity contribution in [2.24, 2.45) is 0 Å². The van der Waals surface area contributed by atoms with Crippen LogP contribution in [0.2, 0.25) is 0 Å². The van der Waals surface area contributed by atoms with E-state index in [2.05, 4.69) is 0 Å². The number of carbonyl (C=O) groups excluding carboxylic acids is 1. The largest absolute Gasteiger partial charge is 0.490 e. The van der Waals surface area contributed by atoms with Crippen molar-refractivity contribution in [3.8, 4) is 17.2 Å². The molecule has 3 aromatic carbocycles. The molecule has 0 bridgehead atoms. The summed E-state index contributed by atoms with van der Waals surface area (Å²) in [6, 6.07) is 22.9. The van der Waals surface area contributed by atoms with Crippen LogP contribution in [-0.4, -0.2) is 19.2 Å². The highest BCUT2D eigenvalue weighted by Crippen LogP contribution is 2.44. The maximum absolute atomic E-state index is 12.9. The Morgan fingerprint density at radius 3 is 2.11 bits per heavy atom. The number of para-hydroxylation sites is 3. The maximum atomic E-state index is 12.9. The van der Waals surface area contributed by atoms with Gasteiger partial charge in [0.05, 0.1) is 0 Å². The third kappa shape index (κ3) is 3.51. The monoisotopic (exact) mass is 360 g/mol. The lowest BCUT2D eigenvalue weighted by molar-refractivity contribution is -0.145. The summed E-state index contributed by atoms with van der Waals surface area (Å²) in [5.41, 5.74) is 2.69. The van der Waals surface area contributed by atoms with E-state index in [4.69, 9.17) is 14.2 Å². The number of hydrogen-bond acceptors (Lipinski definition) is 4. The van der Waals surface area contributed by atoms with Crippen LogP contribution in [0.4, 0.5) is 0 Å². The highest BCUT2D eigenvalue weighted by atomic mass is 16.6. The van der Waals surface area contributed by atoms with Gasteiger partial charge in [0.15, 0.2) is 0 Å². The van der Waals surface area contributed by atoms with Crippen LogP contribution in [0.15, 0.2) is 72.8 Å². The zero-order valence-corrected chi connectivity index (χ0v) is 15.1. The average Bonchev–Trinajstić information content (AvgIpc) is 2.70. The molecule has 0 saturated carbocycles. The fourth-order valence-electron chi connectivity index (χ4n) is 3.26. The van der Waals surface area contributed by atoms with Gasteiger partial charge in [-0.3, -0.25) is 4.79 Å². The summed E-state index contributed by atoms with van der Waals surface area (Å²) >= 11 is 0. The van der Waals surface area contributed by atoms with Gasteiger partial charge >= 0.3 is 5.97 Å². The number of aryl methyl sites for hydroxylation is 1. The molecule has 136 valence electrons. The number of rotatable bonds is 5. The molecule has 0 radical (unpaired) electrons. The first-order chi connectivity index (χ1) is 13.2. The molecule has 0 saturated heterocycles. The Bertz CT molecular complexity index is 918.